The van der Waals surface area contributed by atoms with Crippen LogP contribution >= 0.6 is 0 Å². The lowest BCUT2D eigenvalue weighted by molar-refractivity contribution is -0.921. The van der Waals surface area contributed by atoms with Gasteiger partial charge in [0.05, 0.1) is 32.3 Å². The maximum Gasteiger partial charge on any atom is 0.277 e. The minimum absolute atomic E-state index is 0.0292. The number of benzene rings is 1. The van der Waals surface area contributed by atoms with Gasteiger partial charge >= 0.3 is 0 Å². The molecule has 2 saturated heterocycles. The predicted octanol–water partition coefficient (Wildman–Crippen LogP) is 0.377. The third kappa shape index (κ3) is 5.69. The van der Waals surface area contributed by atoms with Gasteiger partial charge in [0.25, 0.3) is 5.91 Å². The highest BCUT2D eigenvalue weighted by Crippen LogP contribution is 2.19. The van der Waals surface area contributed by atoms with Crippen LogP contribution in [-0.2, 0) is 14.3 Å². The summed E-state index contributed by atoms with van der Waals surface area (Å²) in [7, 11) is 1.71. The summed E-state index contributed by atoms with van der Waals surface area (Å²) in [5.74, 6) is -0.141. The highest BCUT2D eigenvalue weighted by molar-refractivity contribution is 5.94. The maximum atomic E-state index is 12.5. The van der Waals surface area contributed by atoms with Crippen molar-refractivity contribution < 1.29 is 19.2 Å². The molecule has 0 saturated carbocycles. The number of anilines is 2. The van der Waals surface area contributed by atoms with E-state index in [1.54, 1.807) is 7.05 Å². The van der Waals surface area contributed by atoms with Crippen LogP contribution < -0.4 is 15.1 Å². The van der Waals surface area contributed by atoms with Gasteiger partial charge in [0, 0.05) is 31.5 Å². The molecule has 0 bridgehead atoms. The first kappa shape index (κ1) is 20.6. The van der Waals surface area contributed by atoms with Gasteiger partial charge in [-0.05, 0) is 50.5 Å². The van der Waals surface area contributed by atoms with Crippen molar-refractivity contribution in [2.24, 2.45) is 0 Å². The monoisotopic (exact) mass is 389 g/mol. The Morgan fingerprint density at radius 1 is 1.21 bits per heavy atom. The fourth-order valence-corrected chi connectivity index (χ4v) is 3.93. The maximum absolute atomic E-state index is 12.5. The van der Waals surface area contributed by atoms with Gasteiger partial charge in [-0.3, -0.25) is 9.59 Å². The number of ether oxygens (including phenoxy) is 1. The lowest BCUT2D eigenvalue weighted by Crippen LogP contribution is -3.17. The average Bonchev–Trinajstić information content (AvgIpc) is 2.71. The number of morpholine rings is 1. The van der Waals surface area contributed by atoms with Gasteiger partial charge in [0.2, 0.25) is 5.91 Å². The number of likely N-dealkylation sites (N-methyl/N-ethyl adjacent to an activating group) is 1. The molecule has 0 aromatic heterocycles. The molecular weight excluding hydrogens is 356 g/mol. The van der Waals surface area contributed by atoms with Crippen LogP contribution in [0.15, 0.2) is 24.3 Å². The van der Waals surface area contributed by atoms with Crippen molar-refractivity contribution in [1.82, 2.24) is 4.90 Å². The van der Waals surface area contributed by atoms with Crippen LogP contribution in [0, 0.1) is 0 Å². The molecule has 2 N–H and O–H groups in total. The summed E-state index contributed by atoms with van der Waals surface area (Å²) in [6.07, 6.45) is 3.60. The second-order valence-electron chi connectivity index (χ2n) is 7.93. The van der Waals surface area contributed by atoms with E-state index in [2.05, 4.69) is 17.1 Å². The summed E-state index contributed by atoms with van der Waals surface area (Å²) in [6.45, 7) is 7.06. The molecular formula is C21H33N4O3+. The van der Waals surface area contributed by atoms with E-state index in [4.69, 9.17) is 4.74 Å². The van der Waals surface area contributed by atoms with Crippen LogP contribution in [0.2, 0.25) is 0 Å². The summed E-state index contributed by atoms with van der Waals surface area (Å²) in [4.78, 5) is 29.9. The van der Waals surface area contributed by atoms with Gasteiger partial charge in [0.1, 0.15) is 0 Å². The summed E-state index contributed by atoms with van der Waals surface area (Å²) in [5.41, 5.74) is 1.88. The molecule has 1 unspecified atom stereocenters. The number of piperidine rings is 1. The largest absolute Gasteiger partial charge is 0.378 e. The van der Waals surface area contributed by atoms with E-state index in [9.17, 15) is 9.59 Å². The van der Waals surface area contributed by atoms with E-state index >= 15 is 0 Å². The van der Waals surface area contributed by atoms with E-state index in [0.29, 0.717) is 12.6 Å². The zero-order chi connectivity index (χ0) is 19.9. The molecule has 0 aliphatic carbocycles. The van der Waals surface area contributed by atoms with Crippen LogP contribution in [0.3, 0.4) is 0 Å². The predicted molar refractivity (Wildman–Crippen MR) is 110 cm³/mol. The number of hydrogen-bond acceptors (Lipinski definition) is 4. The molecule has 7 heteroatoms. The molecule has 2 aliphatic rings. The van der Waals surface area contributed by atoms with Crippen LogP contribution in [-0.4, -0.2) is 75.7 Å². The van der Waals surface area contributed by atoms with E-state index in [1.807, 2.05) is 24.3 Å². The number of carbonyl (C=O) groups is 2. The lowest BCUT2D eigenvalue weighted by atomic mass is 10.0. The first-order valence-corrected chi connectivity index (χ1v) is 10.3. The van der Waals surface area contributed by atoms with Gasteiger partial charge in [-0.25, -0.2) is 0 Å². The Bertz CT molecular complexity index is 658. The molecule has 2 aliphatic heterocycles. The van der Waals surface area contributed by atoms with Crippen LogP contribution in [0.4, 0.5) is 11.4 Å². The minimum Gasteiger partial charge on any atom is -0.378 e. The fraction of sp³-hybridized carbons (Fsp3) is 0.619. The van der Waals surface area contributed by atoms with Gasteiger partial charge in [-0.15, -0.1) is 0 Å². The zero-order valence-corrected chi connectivity index (χ0v) is 17.1. The SMILES string of the molecule is C[C@H]1CCCC[NH+]1CC(=O)N(C)CC(=O)Nc1ccc(N2CCOCC2)cc1. The quantitative estimate of drug-likeness (QED) is 0.738. The first-order chi connectivity index (χ1) is 13.5. The third-order valence-corrected chi connectivity index (χ3v) is 5.79. The Hall–Kier alpha value is -2.12. The topological polar surface area (TPSA) is 66.3 Å². The summed E-state index contributed by atoms with van der Waals surface area (Å²) in [6, 6.07) is 8.35. The van der Waals surface area contributed by atoms with Crippen molar-refractivity contribution in [2.75, 3.05) is 63.2 Å². The van der Waals surface area contributed by atoms with Crippen molar-refractivity contribution in [3.63, 3.8) is 0 Å². The van der Waals surface area contributed by atoms with Crippen LogP contribution in [0.1, 0.15) is 26.2 Å². The van der Waals surface area contributed by atoms with Gasteiger partial charge in [-0.2, -0.15) is 0 Å². The molecule has 154 valence electrons. The van der Waals surface area contributed by atoms with Crippen LogP contribution in [0.25, 0.3) is 0 Å². The molecule has 1 aromatic rings. The smallest absolute Gasteiger partial charge is 0.277 e. The molecule has 28 heavy (non-hydrogen) atoms. The number of carbonyl (C=O) groups excluding carboxylic acids is 2. The number of nitrogens with zero attached hydrogens (tertiary/aromatic N) is 2. The highest BCUT2D eigenvalue weighted by atomic mass is 16.5. The highest BCUT2D eigenvalue weighted by Gasteiger charge is 2.26. The van der Waals surface area contributed by atoms with Crippen molar-refractivity contribution in [2.45, 2.75) is 32.2 Å². The molecule has 2 amide bonds. The van der Waals surface area contributed by atoms with Gasteiger partial charge in [-0.1, -0.05) is 0 Å². The molecule has 0 spiro atoms. The number of hydrogen-bond donors (Lipinski definition) is 2. The number of quaternary nitrogens is 1. The summed E-state index contributed by atoms with van der Waals surface area (Å²) >= 11 is 0. The molecule has 2 fully saturated rings. The van der Waals surface area contributed by atoms with Crippen molar-refractivity contribution in [1.29, 1.82) is 0 Å². The normalized spacial score (nSPS) is 22.6. The fourth-order valence-electron chi connectivity index (χ4n) is 3.93. The first-order valence-electron chi connectivity index (χ1n) is 10.3. The molecule has 7 nitrogen and oxygen atoms in total. The van der Waals surface area contributed by atoms with Crippen molar-refractivity contribution in [3.05, 3.63) is 24.3 Å². The summed E-state index contributed by atoms with van der Waals surface area (Å²) in [5, 5.41) is 2.89. The summed E-state index contributed by atoms with van der Waals surface area (Å²) < 4.78 is 5.38. The third-order valence-electron chi connectivity index (χ3n) is 5.79. The number of rotatable bonds is 6. The van der Waals surface area contributed by atoms with Crippen LogP contribution in [0.5, 0.6) is 0 Å². The van der Waals surface area contributed by atoms with E-state index < -0.39 is 0 Å². The molecule has 1 aromatic carbocycles. The second-order valence-corrected chi connectivity index (χ2v) is 7.93. The standard InChI is InChI=1S/C21H32N4O3/c1-17-5-3-4-10-25(17)16-21(27)23(2)15-20(26)22-18-6-8-19(9-7-18)24-11-13-28-14-12-24/h6-9,17H,3-5,10-16H2,1-2H3,(H,22,26)/p+1/t17-/m0/s1. The number of amides is 2. The van der Waals surface area contributed by atoms with E-state index in [0.717, 1.165) is 44.2 Å². The Kier molecular flexibility index (Phi) is 7.28. The second kappa shape index (κ2) is 9.89. The lowest BCUT2D eigenvalue weighted by Gasteiger charge is -2.30. The minimum atomic E-state index is -0.170. The number of nitrogens with one attached hydrogen (secondary N) is 2. The molecule has 2 heterocycles. The van der Waals surface area contributed by atoms with Crippen molar-refractivity contribution >= 4 is 23.2 Å². The van der Waals surface area contributed by atoms with Gasteiger partial charge in [0.15, 0.2) is 6.54 Å². The Balaban J connectivity index is 1.45. The molecule has 2 atom stereocenters. The molecule has 3 rings (SSSR count). The molecule has 0 radical (unpaired) electrons. The van der Waals surface area contributed by atoms with Gasteiger partial charge < -0.3 is 24.8 Å². The zero-order valence-electron chi connectivity index (χ0n) is 17.1. The van der Waals surface area contributed by atoms with E-state index in [-0.39, 0.29) is 18.4 Å². The Morgan fingerprint density at radius 3 is 2.61 bits per heavy atom. The van der Waals surface area contributed by atoms with Crippen molar-refractivity contribution in [3.8, 4) is 0 Å². The Morgan fingerprint density at radius 2 is 1.93 bits per heavy atom. The average molecular weight is 390 g/mol. The van der Waals surface area contributed by atoms with E-state index in [1.165, 1.54) is 29.1 Å². The Labute approximate surface area is 167 Å². The number of likely N-dealkylation sites (tertiary alicyclic amines) is 1.